The second-order valence-electron chi connectivity index (χ2n) is 6.35. The van der Waals surface area contributed by atoms with Gasteiger partial charge < -0.3 is 21.1 Å². The van der Waals surface area contributed by atoms with Crippen molar-refractivity contribution in [3.05, 3.63) is 27.8 Å². The second kappa shape index (κ2) is 8.41. The summed E-state index contributed by atoms with van der Waals surface area (Å²) in [4.78, 5) is 27.2. The minimum absolute atomic E-state index is 0.0832. The Morgan fingerprint density at radius 1 is 1.46 bits per heavy atom. The normalized spacial score (nSPS) is 14.8. The van der Waals surface area contributed by atoms with Crippen molar-refractivity contribution in [3.8, 4) is 0 Å². The number of aromatic nitrogens is 3. The number of anilines is 2. The molecule has 1 aliphatic heterocycles. The van der Waals surface area contributed by atoms with E-state index in [2.05, 4.69) is 27.2 Å². The molecule has 9 heteroatoms. The molecule has 140 valence electrons. The molecule has 1 amide bonds. The highest BCUT2D eigenvalue weighted by molar-refractivity contribution is 7.07. The summed E-state index contributed by atoms with van der Waals surface area (Å²) >= 11 is 1.41. The van der Waals surface area contributed by atoms with Gasteiger partial charge in [-0.2, -0.15) is 4.98 Å². The van der Waals surface area contributed by atoms with E-state index >= 15 is 0 Å². The Labute approximate surface area is 156 Å². The Bertz CT molecular complexity index is 746. The van der Waals surface area contributed by atoms with Crippen LogP contribution in [0.15, 0.2) is 10.9 Å². The summed E-state index contributed by atoms with van der Waals surface area (Å²) in [7, 11) is 0. The van der Waals surface area contributed by atoms with Gasteiger partial charge in [-0.05, 0) is 12.8 Å². The van der Waals surface area contributed by atoms with Crippen LogP contribution in [-0.2, 0) is 13.0 Å². The van der Waals surface area contributed by atoms with E-state index in [-0.39, 0.29) is 24.5 Å². The summed E-state index contributed by atoms with van der Waals surface area (Å²) in [6, 6.07) is 0.105. The molecular weight excluding hydrogens is 352 g/mol. The molecule has 1 atom stereocenters. The first-order valence-corrected chi connectivity index (χ1v) is 9.76. The van der Waals surface area contributed by atoms with E-state index in [1.54, 1.807) is 15.8 Å². The van der Waals surface area contributed by atoms with Crippen LogP contribution >= 0.6 is 11.3 Å². The van der Waals surface area contributed by atoms with E-state index in [0.717, 1.165) is 24.1 Å². The van der Waals surface area contributed by atoms with Crippen molar-refractivity contribution in [3.63, 3.8) is 0 Å². The van der Waals surface area contributed by atoms with Gasteiger partial charge in [0.2, 0.25) is 5.95 Å². The molecular formula is C17H24N6O2S. The fourth-order valence-electron chi connectivity index (χ4n) is 3.19. The summed E-state index contributed by atoms with van der Waals surface area (Å²) in [5.74, 6) is 0.806. The minimum Gasteiger partial charge on any atom is -0.396 e. The largest absolute Gasteiger partial charge is 0.396 e. The van der Waals surface area contributed by atoms with Gasteiger partial charge in [0, 0.05) is 36.6 Å². The second-order valence-corrected chi connectivity index (χ2v) is 7.07. The van der Waals surface area contributed by atoms with Crippen molar-refractivity contribution >= 4 is 29.0 Å². The molecule has 3 rings (SSSR count). The Kier molecular flexibility index (Phi) is 6.00. The first-order chi connectivity index (χ1) is 12.6. The van der Waals surface area contributed by atoms with Crippen LogP contribution in [0, 0.1) is 0 Å². The lowest BCUT2D eigenvalue weighted by molar-refractivity contribution is 0.0728. The van der Waals surface area contributed by atoms with Crippen LogP contribution in [0.5, 0.6) is 0 Å². The van der Waals surface area contributed by atoms with Crippen molar-refractivity contribution in [1.29, 1.82) is 0 Å². The number of carbonyl (C=O) groups excluding carboxylic acids is 1. The molecule has 1 unspecified atom stereocenters. The summed E-state index contributed by atoms with van der Waals surface area (Å²) < 4.78 is 0. The number of rotatable bonds is 7. The third-order valence-corrected chi connectivity index (χ3v) is 5.06. The first kappa shape index (κ1) is 18.5. The molecule has 0 aliphatic carbocycles. The number of aliphatic hydroxyl groups excluding tert-OH is 1. The highest BCUT2D eigenvalue weighted by Gasteiger charge is 2.27. The number of carbonyl (C=O) groups is 1. The molecule has 8 nitrogen and oxygen atoms in total. The van der Waals surface area contributed by atoms with E-state index in [1.165, 1.54) is 11.3 Å². The Morgan fingerprint density at radius 2 is 2.31 bits per heavy atom. The number of nitrogen functional groups attached to an aromatic ring is 1. The number of nitrogens with zero attached hydrogens (tertiary/aromatic N) is 4. The number of nitrogens with one attached hydrogen (secondary N) is 1. The SMILES string of the molecule is CCCC(CCO)Nc1nc(N)nc2c1CN(C(=O)c1cscn1)CC2. The van der Waals surface area contributed by atoms with Gasteiger partial charge in [-0.15, -0.1) is 11.3 Å². The third kappa shape index (κ3) is 4.10. The first-order valence-electron chi connectivity index (χ1n) is 8.82. The molecule has 0 spiro atoms. The van der Waals surface area contributed by atoms with Gasteiger partial charge in [0.05, 0.1) is 17.7 Å². The van der Waals surface area contributed by atoms with Crippen LogP contribution in [0.4, 0.5) is 11.8 Å². The summed E-state index contributed by atoms with van der Waals surface area (Å²) in [6.07, 6.45) is 3.18. The van der Waals surface area contributed by atoms with Crippen LogP contribution in [-0.4, -0.2) is 50.1 Å². The Morgan fingerprint density at radius 3 is 3.00 bits per heavy atom. The summed E-state index contributed by atoms with van der Waals surface area (Å²) in [6.45, 7) is 3.21. The highest BCUT2D eigenvalue weighted by atomic mass is 32.1. The number of hydrogen-bond donors (Lipinski definition) is 3. The molecule has 2 aromatic rings. The zero-order valence-corrected chi connectivity index (χ0v) is 15.6. The molecule has 0 saturated heterocycles. The van der Waals surface area contributed by atoms with E-state index in [9.17, 15) is 9.90 Å². The molecule has 0 bridgehead atoms. The standard InChI is InChI=1S/C17H24N6O2S/c1-2-3-11(5-7-24)20-15-12-8-23(16(25)14-9-26-10-19-14)6-4-13(12)21-17(18)22-15/h9-11,24H,2-8H2,1H3,(H3,18,20,21,22). The average molecular weight is 376 g/mol. The molecule has 2 aromatic heterocycles. The van der Waals surface area contributed by atoms with Gasteiger partial charge in [-0.1, -0.05) is 13.3 Å². The predicted molar refractivity (Wildman–Crippen MR) is 101 cm³/mol. The minimum atomic E-state index is -0.0832. The maximum absolute atomic E-state index is 12.6. The molecule has 0 fully saturated rings. The van der Waals surface area contributed by atoms with Crippen LogP contribution in [0.3, 0.4) is 0 Å². The Hall–Kier alpha value is -2.26. The van der Waals surface area contributed by atoms with Gasteiger partial charge in [-0.25, -0.2) is 9.97 Å². The molecule has 4 N–H and O–H groups in total. The highest BCUT2D eigenvalue weighted by Crippen LogP contribution is 2.27. The number of thiazole rings is 1. The number of nitrogens with two attached hydrogens (primary N) is 1. The van der Waals surface area contributed by atoms with Crippen LogP contribution in [0.25, 0.3) is 0 Å². The Balaban J connectivity index is 1.84. The van der Waals surface area contributed by atoms with Gasteiger partial charge >= 0.3 is 0 Å². The van der Waals surface area contributed by atoms with Gasteiger partial charge in [0.15, 0.2) is 0 Å². The molecule has 3 heterocycles. The molecule has 26 heavy (non-hydrogen) atoms. The summed E-state index contributed by atoms with van der Waals surface area (Å²) in [5.41, 5.74) is 9.78. The fourth-order valence-corrected chi connectivity index (χ4v) is 3.72. The van der Waals surface area contributed by atoms with Gasteiger partial charge in [0.1, 0.15) is 11.5 Å². The fraction of sp³-hybridized carbons (Fsp3) is 0.529. The van der Waals surface area contributed by atoms with Gasteiger partial charge in [-0.3, -0.25) is 4.79 Å². The quantitative estimate of drug-likeness (QED) is 0.673. The number of hydrogen-bond acceptors (Lipinski definition) is 8. The van der Waals surface area contributed by atoms with Crippen LogP contribution < -0.4 is 11.1 Å². The van der Waals surface area contributed by atoms with E-state index in [0.29, 0.717) is 37.4 Å². The van der Waals surface area contributed by atoms with Crippen molar-refractivity contribution in [1.82, 2.24) is 19.9 Å². The molecule has 0 radical (unpaired) electrons. The lowest BCUT2D eigenvalue weighted by Crippen LogP contribution is -2.37. The zero-order chi connectivity index (χ0) is 18.5. The lowest BCUT2D eigenvalue weighted by atomic mass is 10.0. The molecule has 0 aromatic carbocycles. The molecule has 1 aliphatic rings. The number of amides is 1. The summed E-state index contributed by atoms with van der Waals surface area (Å²) in [5, 5.41) is 14.5. The van der Waals surface area contributed by atoms with Crippen molar-refractivity contribution < 1.29 is 9.90 Å². The van der Waals surface area contributed by atoms with E-state index in [4.69, 9.17) is 5.73 Å². The smallest absolute Gasteiger partial charge is 0.273 e. The van der Waals surface area contributed by atoms with Gasteiger partial charge in [0.25, 0.3) is 5.91 Å². The lowest BCUT2D eigenvalue weighted by Gasteiger charge is -2.30. The monoisotopic (exact) mass is 376 g/mol. The van der Waals surface area contributed by atoms with Crippen molar-refractivity contribution in [2.45, 2.75) is 45.2 Å². The maximum Gasteiger partial charge on any atom is 0.273 e. The zero-order valence-electron chi connectivity index (χ0n) is 14.8. The molecule has 0 saturated carbocycles. The number of aliphatic hydroxyl groups is 1. The van der Waals surface area contributed by atoms with Crippen LogP contribution in [0.2, 0.25) is 0 Å². The third-order valence-electron chi connectivity index (χ3n) is 4.47. The predicted octanol–water partition coefficient (Wildman–Crippen LogP) is 1.68. The topological polar surface area (TPSA) is 117 Å². The van der Waals surface area contributed by atoms with Crippen LogP contribution in [0.1, 0.15) is 47.9 Å². The van der Waals surface area contributed by atoms with Crippen molar-refractivity contribution in [2.24, 2.45) is 0 Å². The van der Waals surface area contributed by atoms with E-state index < -0.39 is 0 Å². The maximum atomic E-state index is 12.6. The average Bonchev–Trinajstić information content (AvgIpc) is 3.16. The van der Waals surface area contributed by atoms with E-state index in [1.807, 2.05) is 0 Å². The van der Waals surface area contributed by atoms with Crippen molar-refractivity contribution in [2.75, 3.05) is 24.2 Å². The number of fused-ring (bicyclic) bond motifs is 1.